The van der Waals surface area contributed by atoms with Crippen molar-refractivity contribution in [1.29, 1.82) is 0 Å². The molecule has 2 aromatic rings. The highest BCUT2D eigenvalue weighted by atomic mass is 19.1. The van der Waals surface area contributed by atoms with E-state index in [2.05, 4.69) is 11.4 Å². The van der Waals surface area contributed by atoms with Crippen molar-refractivity contribution in [2.24, 2.45) is 0 Å². The monoisotopic (exact) mass is 341 g/mol. The summed E-state index contributed by atoms with van der Waals surface area (Å²) < 4.78 is 18.4. The van der Waals surface area contributed by atoms with Crippen LogP contribution in [-0.4, -0.2) is 18.0 Å². The molecule has 0 saturated carbocycles. The Kier molecular flexibility index (Phi) is 5.12. The number of aryl methyl sites for hydroxylation is 1. The Balaban J connectivity index is 1.63. The molecule has 2 aromatic carbocycles. The van der Waals surface area contributed by atoms with Crippen LogP contribution in [0.3, 0.4) is 0 Å². The van der Waals surface area contributed by atoms with Crippen LogP contribution in [0, 0.1) is 5.82 Å². The normalized spacial score (nSPS) is 17.3. The summed E-state index contributed by atoms with van der Waals surface area (Å²) in [5, 5.41) is 2.95. The molecule has 25 heavy (non-hydrogen) atoms. The molecule has 0 spiro atoms. The minimum absolute atomic E-state index is 0.0761. The highest BCUT2D eigenvalue weighted by Gasteiger charge is 2.25. The van der Waals surface area contributed by atoms with E-state index in [1.165, 1.54) is 30.7 Å². The summed E-state index contributed by atoms with van der Waals surface area (Å²) in [6, 6.07) is 13.2. The molecule has 1 N–H and O–H groups in total. The Morgan fingerprint density at radius 1 is 1.20 bits per heavy atom. The van der Waals surface area contributed by atoms with E-state index in [0.29, 0.717) is 0 Å². The molecule has 130 valence electrons. The van der Waals surface area contributed by atoms with Gasteiger partial charge in [-0.3, -0.25) is 4.79 Å². The summed E-state index contributed by atoms with van der Waals surface area (Å²) in [7, 11) is 0. The first-order valence-electron chi connectivity index (χ1n) is 8.39. The lowest BCUT2D eigenvalue weighted by atomic mass is 9.87. The minimum Gasteiger partial charge on any atom is -0.449 e. The highest BCUT2D eigenvalue weighted by molar-refractivity contribution is 5.92. The molecule has 2 unspecified atom stereocenters. The van der Waals surface area contributed by atoms with Gasteiger partial charge in [0.2, 0.25) is 0 Å². The van der Waals surface area contributed by atoms with Crippen LogP contribution in [0.15, 0.2) is 48.5 Å². The van der Waals surface area contributed by atoms with Gasteiger partial charge in [-0.1, -0.05) is 30.3 Å². The zero-order valence-corrected chi connectivity index (χ0v) is 14.0. The van der Waals surface area contributed by atoms with E-state index >= 15 is 0 Å². The average molecular weight is 341 g/mol. The third-order valence-corrected chi connectivity index (χ3v) is 4.40. The van der Waals surface area contributed by atoms with Gasteiger partial charge in [-0.15, -0.1) is 0 Å². The Morgan fingerprint density at radius 2 is 2.00 bits per heavy atom. The molecule has 0 fully saturated rings. The number of halogens is 1. The van der Waals surface area contributed by atoms with E-state index in [1.807, 2.05) is 18.2 Å². The molecule has 0 aromatic heterocycles. The molecular weight excluding hydrogens is 321 g/mol. The van der Waals surface area contributed by atoms with Gasteiger partial charge >= 0.3 is 5.97 Å². The van der Waals surface area contributed by atoms with Crippen LogP contribution in [0.1, 0.15) is 47.3 Å². The lowest BCUT2D eigenvalue weighted by Crippen LogP contribution is -2.39. The third-order valence-electron chi connectivity index (χ3n) is 4.40. The number of benzene rings is 2. The summed E-state index contributed by atoms with van der Waals surface area (Å²) >= 11 is 0. The second kappa shape index (κ2) is 7.47. The lowest BCUT2D eigenvalue weighted by molar-refractivity contribution is -0.130. The first-order chi connectivity index (χ1) is 12.0. The number of amides is 1. The molecule has 0 heterocycles. The van der Waals surface area contributed by atoms with Crippen molar-refractivity contribution >= 4 is 11.9 Å². The Bertz CT molecular complexity index is 790. The SMILES string of the molecule is CC(OC(=O)c1cccc(F)c1)C(=O)NC1CCCc2ccccc21. The first-order valence-corrected chi connectivity index (χ1v) is 8.39. The van der Waals surface area contributed by atoms with Crippen LogP contribution < -0.4 is 5.32 Å². The van der Waals surface area contributed by atoms with Crippen LogP contribution in [0.5, 0.6) is 0 Å². The molecule has 0 aliphatic heterocycles. The third kappa shape index (κ3) is 4.05. The zero-order chi connectivity index (χ0) is 17.8. The van der Waals surface area contributed by atoms with Crippen molar-refractivity contribution in [3.05, 3.63) is 71.0 Å². The van der Waals surface area contributed by atoms with Crippen LogP contribution in [0.2, 0.25) is 0 Å². The number of hydrogen-bond donors (Lipinski definition) is 1. The standard InChI is InChI=1S/C20H20FNO3/c1-13(25-20(24)15-8-4-9-16(21)12-15)19(23)22-18-11-5-7-14-6-2-3-10-17(14)18/h2-4,6,8-10,12-13,18H,5,7,11H2,1H3,(H,22,23). The fraction of sp³-hybridized carbons (Fsp3) is 0.300. The number of esters is 1. The second-order valence-corrected chi connectivity index (χ2v) is 6.21. The fourth-order valence-electron chi connectivity index (χ4n) is 3.09. The maximum absolute atomic E-state index is 13.2. The summed E-state index contributed by atoms with van der Waals surface area (Å²) in [5.74, 6) is -1.59. The molecule has 1 amide bonds. The average Bonchev–Trinajstić information content (AvgIpc) is 2.62. The van der Waals surface area contributed by atoms with Gasteiger partial charge in [0.15, 0.2) is 6.10 Å². The smallest absolute Gasteiger partial charge is 0.339 e. The van der Waals surface area contributed by atoms with E-state index < -0.39 is 17.9 Å². The molecule has 0 saturated heterocycles. The molecular formula is C20H20FNO3. The van der Waals surface area contributed by atoms with Crippen LogP contribution >= 0.6 is 0 Å². The number of nitrogens with one attached hydrogen (secondary N) is 1. The second-order valence-electron chi connectivity index (χ2n) is 6.21. The molecule has 0 radical (unpaired) electrons. The molecule has 2 atom stereocenters. The number of carbonyl (C=O) groups excluding carboxylic acids is 2. The number of carbonyl (C=O) groups is 2. The Hall–Kier alpha value is -2.69. The number of rotatable bonds is 4. The summed E-state index contributed by atoms with van der Waals surface area (Å²) in [4.78, 5) is 24.4. The maximum atomic E-state index is 13.2. The van der Waals surface area contributed by atoms with Crippen LogP contribution in [0.25, 0.3) is 0 Å². The predicted octanol–water partition coefficient (Wildman–Crippen LogP) is 3.56. The van der Waals surface area contributed by atoms with Gasteiger partial charge in [-0.2, -0.15) is 0 Å². The van der Waals surface area contributed by atoms with Crippen LogP contribution in [0.4, 0.5) is 4.39 Å². The number of fused-ring (bicyclic) bond motifs is 1. The van der Waals surface area contributed by atoms with Crippen molar-refractivity contribution < 1.29 is 18.7 Å². The highest BCUT2D eigenvalue weighted by Crippen LogP contribution is 2.29. The molecule has 5 heteroatoms. The lowest BCUT2D eigenvalue weighted by Gasteiger charge is -2.27. The molecule has 1 aliphatic rings. The molecule has 0 bridgehead atoms. The summed E-state index contributed by atoms with van der Waals surface area (Å²) in [6.45, 7) is 1.52. The Labute approximate surface area is 146 Å². The zero-order valence-electron chi connectivity index (χ0n) is 14.0. The van der Waals surface area contributed by atoms with Gasteiger partial charge in [0, 0.05) is 0 Å². The van der Waals surface area contributed by atoms with Crippen molar-refractivity contribution in [3.8, 4) is 0 Å². The topological polar surface area (TPSA) is 55.4 Å². The van der Waals surface area contributed by atoms with Crippen molar-refractivity contribution in [2.45, 2.75) is 38.3 Å². The Morgan fingerprint density at radius 3 is 2.80 bits per heavy atom. The number of hydrogen-bond acceptors (Lipinski definition) is 3. The van der Waals surface area contributed by atoms with Gasteiger partial charge in [0.1, 0.15) is 5.82 Å². The number of ether oxygens (including phenoxy) is 1. The van der Waals surface area contributed by atoms with E-state index in [-0.39, 0.29) is 17.5 Å². The molecule has 1 aliphatic carbocycles. The van der Waals surface area contributed by atoms with Gasteiger partial charge in [0.05, 0.1) is 11.6 Å². The van der Waals surface area contributed by atoms with E-state index in [1.54, 1.807) is 0 Å². The molecule has 4 nitrogen and oxygen atoms in total. The fourth-order valence-corrected chi connectivity index (χ4v) is 3.09. The van der Waals surface area contributed by atoms with Crippen molar-refractivity contribution in [2.75, 3.05) is 0 Å². The minimum atomic E-state index is -0.954. The molecule has 3 rings (SSSR count). The quantitative estimate of drug-likeness (QED) is 0.865. The predicted molar refractivity (Wildman–Crippen MR) is 91.5 cm³/mol. The van der Waals surface area contributed by atoms with Crippen molar-refractivity contribution in [1.82, 2.24) is 5.32 Å². The van der Waals surface area contributed by atoms with Gasteiger partial charge in [-0.05, 0) is 55.5 Å². The summed E-state index contributed by atoms with van der Waals surface area (Å²) in [6.07, 6.45) is 1.91. The summed E-state index contributed by atoms with van der Waals surface area (Å²) in [5.41, 5.74) is 2.44. The van der Waals surface area contributed by atoms with Gasteiger partial charge < -0.3 is 10.1 Å². The largest absolute Gasteiger partial charge is 0.449 e. The van der Waals surface area contributed by atoms with Crippen LogP contribution in [-0.2, 0) is 16.0 Å². The van der Waals surface area contributed by atoms with Crippen molar-refractivity contribution in [3.63, 3.8) is 0 Å². The van der Waals surface area contributed by atoms with E-state index in [4.69, 9.17) is 4.74 Å². The first kappa shape index (κ1) is 17.1. The van der Waals surface area contributed by atoms with Gasteiger partial charge in [-0.25, -0.2) is 9.18 Å². The van der Waals surface area contributed by atoms with E-state index in [0.717, 1.165) is 30.9 Å². The van der Waals surface area contributed by atoms with Gasteiger partial charge in [0.25, 0.3) is 5.91 Å². The maximum Gasteiger partial charge on any atom is 0.339 e. The van der Waals surface area contributed by atoms with E-state index in [9.17, 15) is 14.0 Å².